The second-order valence-electron chi connectivity index (χ2n) is 5.25. The Labute approximate surface area is 146 Å². The molecule has 21 heavy (non-hydrogen) atoms. The highest BCUT2D eigenvalue weighted by atomic mass is 79.9. The van der Waals surface area contributed by atoms with Crippen molar-refractivity contribution in [3.05, 3.63) is 31.8 Å². The highest BCUT2D eigenvalue weighted by Gasteiger charge is 2.14. The summed E-state index contributed by atoms with van der Waals surface area (Å²) in [5.41, 5.74) is 2.08. The molecule has 0 saturated heterocycles. The van der Waals surface area contributed by atoms with Crippen LogP contribution in [0.3, 0.4) is 0 Å². The topological polar surface area (TPSA) is 37.8 Å². The highest BCUT2D eigenvalue weighted by molar-refractivity contribution is 9.11. The van der Waals surface area contributed by atoms with E-state index < -0.39 is 0 Å². The quantitative estimate of drug-likeness (QED) is 0.694. The molecule has 1 N–H and O–H groups in total. The van der Waals surface area contributed by atoms with Gasteiger partial charge in [0.25, 0.3) is 0 Å². The zero-order chi connectivity index (χ0) is 15.4. The fourth-order valence-corrected chi connectivity index (χ4v) is 4.38. The van der Waals surface area contributed by atoms with Gasteiger partial charge in [-0.05, 0) is 56.8 Å². The van der Waals surface area contributed by atoms with Gasteiger partial charge in [0.05, 0.1) is 5.69 Å². The number of nitrogens with one attached hydrogen (secondary N) is 1. The lowest BCUT2D eigenvalue weighted by atomic mass is 10.2. The normalized spacial score (nSPS) is 11.3. The van der Waals surface area contributed by atoms with E-state index in [2.05, 4.69) is 62.9 Å². The molecule has 0 radical (unpaired) electrons. The Morgan fingerprint density at radius 3 is 2.71 bits per heavy atom. The highest BCUT2D eigenvalue weighted by Crippen LogP contribution is 2.33. The summed E-state index contributed by atoms with van der Waals surface area (Å²) in [7, 11) is 0. The van der Waals surface area contributed by atoms with Crippen LogP contribution in [0.1, 0.15) is 31.3 Å². The number of rotatable bonds is 6. The van der Waals surface area contributed by atoms with E-state index >= 15 is 0 Å². The van der Waals surface area contributed by atoms with E-state index in [4.69, 9.17) is 4.98 Å². The molecule has 114 valence electrons. The first-order chi connectivity index (χ1) is 10.0. The van der Waals surface area contributed by atoms with Gasteiger partial charge < -0.3 is 5.32 Å². The Kier molecular flexibility index (Phi) is 6.34. The van der Waals surface area contributed by atoms with Crippen LogP contribution in [0.25, 0.3) is 10.7 Å². The summed E-state index contributed by atoms with van der Waals surface area (Å²) < 4.78 is 1.93. The number of hydrogen-bond acceptors (Lipinski definition) is 4. The van der Waals surface area contributed by atoms with E-state index in [1.807, 2.05) is 12.3 Å². The van der Waals surface area contributed by atoms with E-state index in [9.17, 15) is 0 Å². The fraction of sp³-hybridized carbons (Fsp3) is 0.467. The second-order valence-corrected chi connectivity index (χ2v) is 8.10. The van der Waals surface area contributed by atoms with Crippen LogP contribution in [-0.2, 0) is 13.0 Å². The lowest BCUT2D eigenvalue weighted by Gasteiger charge is -2.06. The molecule has 2 heterocycles. The summed E-state index contributed by atoms with van der Waals surface area (Å²) in [5.74, 6) is 0.657. The molecular formula is C15H19Br2N3S. The van der Waals surface area contributed by atoms with Gasteiger partial charge in [0.15, 0.2) is 0 Å². The zero-order valence-corrected chi connectivity index (χ0v) is 16.4. The molecule has 2 aromatic heterocycles. The maximum Gasteiger partial charge on any atom is 0.143 e. The molecule has 0 unspecified atom stereocenters. The first-order valence-corrected chi connectivity index (χ1v) is 9.42. The standard InChI is InChI=1S/C15H19Br2N3S/c1-4-12-13(8-18-6-9(2)3)21-15(20-12)14-11(17)5-10(16)7-19-14/h5,7,9,18H,4,6,8H2,1-3H3. The summed E-state index contributed by atoms with van der Waals surface area (Å²) in [5, 5.41) is 4.47. The van der Waals surface area contributed by atoms with Crippen molar-refractivity contribution in [1.82, 2.24) is 15.3 Å². The minimum Gasteiger partial charge on any atom is -0.312 e. The molecule has 0 aliphatic rings. The van der Waals surface area contributed by atoms with Crippen molar-refractivity contribution in [2.24, 2.45) is 5.92 Å². The van der Waals surface area contributed by atoms with Gasteiger partial charge >= 0.3 is 0 Å². The summed E-state index contributed by atoms with van der Waals surface area (Å²) in [4.78, 5) is 10.5. The van der Waals surface area contributed by atoms with E-state index in [1.54, 1.807) is 11.3 Å². The van der Waals surface area contributed by atoms with Crippen molar-refractivity contribution in [3.63, 3.8) is 0 Å². The number of hydrogen-bond donors (Lipinski definition) is 1. The first kappa shape index (κ1) is 17.1. The van der Waals surface area contributed by atoms with Crippen molar-refractivity contribution in [3.8, 4) is 10.7 Å². The molecule has 0 spiro atoms. The van der Waals surface area contributed by atoms with Crippen LogP contribution < -0.4 is 5.32 Å². The third kappa shape index (κ3) is 4.58. The third-order valence-corrected chi connectivity index (χ3v) is 5.10. The molecule has 0 fully saturated rings. The Hall–Kier alpha value is -0.300. The minimum absolute atomic E-state index is 0.657. The average Bonchev–Trinajstić information content (AvgIpc) is 2.81. The summed E-state index contributed by atoms with van der Waals surface area (Å²) in [6.07, 6.45) is 2.76. The molecule has 0 aromatic carbocycles. The lowest BCUT2D eigenvalue weighted by Crippen LogP contribution is -2.18. The van der Waals surface area contributed by atoms with Gasteiger partial charge in [-0.1, -0.05) is 20.8 Å². The third-order valence-electron chi connectivity index (χ3n) is 2.96. The fourth-order valence-electron chi connectivity index (χ4n) is 1.95. The summed E-state index contributed by atoms with van der Waals surface area (Å²) in [6, 6.07) is 2.01. The SMILES string of the molecule is CCc1nc(-c2ncc(Br)cc2Br)sc1CNCC(C)C. The largest absolute Gasteiger partial charge is 0.312 e. The number of nitrogens with zero attached hydrogens (tertiary/aromatic N) is 2. The molecule has 0 aliphatic heterocycles. The molecule has 2 rings (SSSR count). The molecular weight excluding hydrogens is 414 g/mol. The predicted molar refractivity (Wildman–Crippen MR) is 96.7 cm³/mol. The van der Waals surface area contributed by atoms with Crippen LogP contribution in [-0.4, -0.2) is 16.5 Å². The van der Waals surface area contributed by atoms with Gasteiger partial charge in [-0.2, -0.15) is 0 Å². The van der Waals surface area contributed by atoms with Crippen LogP contribution in [0, 0.1) is 5.92 Å². The molecule has 0 bridgehead atoms. The summed E-state index contributed by atoms with van der Waals surface area (Å²) in [6.45, 7) is 8.49. The summed E-state index contributed by atoms with van der Waals surface area (Å²) >= 11 is 8.73. The van der Waals surface area contributed by atoms with Crippen molar-refractivity contribution >= 4 is 43.2 Å². The minimum atomic E-state index is 0.657. The maximum atomic E-state index is 4.76. The molecule has 2 aromatic rings. The van der Waals surface area contributed by atoms with Gasteiger partial charge in [0.2, 0.25) is 0 Å². The number of halogens is 2. The van der Waals surface area contributed by atoms with Crippen LogP contribution >= 0.6 is 43.2 Å². The Morgan fingerprint density at radius 1 is 1.33 bits per heavy atom. The maximum absolute atomic E-state index is 4.76. The van der Waals surface area contributed by atoms with Crippen molar-refractivity contribution in [1.29, 1.82) is 0 Å². The number of thiazole rings is 1. The van der Waals surface area contributed by atoms with Gasteiger partial charge in [-0.25, -0.2) is 4.98 Å². The zero-order valence-electron chi connectivity index (χ0n) is 12.4. The predicted octanol–water partition coefficient (Wildman–Crippen LogP) is 5.04. The molecule has 0 atom stereocenters. The van der Waals surface area contributed by atoms with Crippen LogP contribution in [0.2, 0.25) is 0 Å². The Bertz CT molecular complexity index is 611. The lowest BCUT2D eigenvalue weighted by molar-refractivity contribution is 0.553. The van der Waals surface area contributed by atoms with Gasteiger partial charge in [0.1, 0.15) is 10.7 Å². The van der Waals surface area contributed by atoms with Gasteiger partial charge in [0, 0.05) is 26.6 Å². The number of aromatic nitrogens is 2. The number of aryl methyl sites for hydroxylation is 1. The smallest absolute Gasteiger partial charge is 0.143 e. The van der Waals surface area contributed by atoms with Crippen molar-refractivity contribution in [2.75, 3.05) is 6.54 Å². The molecule has 0 aliphatic carbocycles. The van der Waals surface area contributed by atoms with Crippen molar-refractivity contribution < 1.29 is 0 Å². The first-order valence-electron chi connectivity index (χ1n) is 7.02. The Balaban J connectivity index is 2.23. The second kappa shape index (κ2) is 7.81. The van der Waals surface area contributed by atoms with E-state index in [-0.39, 0.29) is 0 Å². The molecule has 3 nitrogen and oxygen atoms in total. The van der Waals surface area contributed by atoms with Gasteiger partial charge in [-0.15, -0.1) is 11.3 Å². The Morgan fingerprint density at radius 2 is 2.10 bits per heavy atom. The van der Waals surface area contributed by atoms with E-state index in [0.29, 0.717) is 5.92 Å². The van der Waals surface area contributed by atoms with Crippen LogP contribution in [0.5, 0.6) is 0 Å². The monoisotopic (exact) mass is 431 g/mol. The van der Waals surface area contributed by atoms with Gasteiger partial charge in [-0.3, -0.25) is 4.98 Å². The van der Waals surface area contributed by atoms with Crippen molar-refractivity contribution in [2.45, 2.75) is 33.7 Å². The molecule has 0 saturated carbocycles. The van der Waals surface area contributed by atoms with E-state index in [0.717, 1.165) is 39.2 Å². The molecule has 6 heteroatoms. The van der Waals surface area contributed by atoms with Crippen LogP contribution in [0.4, 0.5) is 0 Å². The van der Waals surface area contributed by atoms with Crippen LogP contribution in [0.15, 0.2) is 21.2 Å². The van der Waals surface area contributed by atoms with E-state index in [1.165, 1.54) is 10.6 Å². The average molecular weight is 433 g/mol. The molecule has 0 amide bonds. The number of pyridine rings is 1.